The van der Waals surface area contributed by atoms with Crippen LogP contribution >= 0.6 is 90.4 Å². The third-order valence-corrected chi connectivity index (χ3v) is 11.9. The van der Waals surface area contributed by atoms with Gasteiger partial charge in [0.05, 0.1) is 3.58 Å². The van der Waals surface area contributed by atoms with Gasteiger partial charge in [-0.15, -0.1) is 0 Å². The van der Waals surface area contributed by atoms with Crippen LogP contribution in [0.4, 0.5) is 13.2 Å². The molecule has 0 atom stereocenters. The lowest BCUT2D eigenvalue weighted by Crippen LogP contribution is -2.34. The Kier molecular flexibility index (Phi) is 5.66. The van der Waals surface area contributed by atoms with E-state index >= 15 is 0 Å². The molecule has 1 nitrogen and oxygen atoms in total. The molecule has 0 aromatic rings. The van der Waals surface area contributed by atoms with Crippen molar-refractivity contribution in [2.24, 2.45) is 5.41 Å². The number of hydrogen-bond donors (Lipinski definition) is 0. The summed E-state index contributed by atoms with van der Waals surface area (Å²) in [5, 5.41) is 0. The SMILES string of the molecule is CC1=C(I)C(C)(C)C(I)(I)C(I)=C(C(F)(F)F)O1. The fourth-order valence-corrected chi connectivity index (χ4v) is 5.09. The first-order valence-electron chi connectivity index (χ1n) is 4.73. The van der Waals surface area contributed by atoms with Gasteiger partial charge in [-0.2, -0.15) is 13.2 Å². The molecule has 0 amide bonds. The van der Waals surface area contributed by atoms with Crippen molar-refractivity contribution >= 4 is 90.4 Å². The van der Waals surface area contributed by atoms with Gasteiger partial charge in [-0.05, 0) is 52.1 Å². The van der Waals surface area contributed by atoms with E-state index in [1.807, 2.05) is 13.8 Å². The van der Waals surface area contributed by atoms with E-state index in [9.17, 15) is 13.2 Å². The van der Waals surface area contributed by atoms with E-state index in [4.69, 9.17) is 4.74 Å². The predicted octanol–water partition coefficient (Wildman–Crippen LogP) is 6.48. The minimum absolute atomic E-state index is 0.185. The fourth-order valence-electron chi connectivity index (χ4n) is 1.42. The third kappa shape index (κ3) is 3.09. The van der Waals surface area contributed by atoms with Crippen molar-refractivity contribution < 1.29 is 17.9 Å². The van der Waals surface area contributed by atoms with Crippen LogP contribution in [0.15, 0.2) is 18.7 Å². The molecule has 0 aliphatic carbocycles. The van der Waals surface area contributed by atoms with E-state index in [0.717, 1.165) is 3.58 Å². The summed E-state index contributed by atoms with van der Waals surface area (Å²) in [6, 6.07) is 0. The van der Waals surface area contributed by atoms with Crippen LogP contribution in [-0.2, 0) is 4.74 Å². The Morgan fingerprint density at radius 3 is 1.89 bits per heavy atom. The standard InChI is InChI=1S/C10H9F3I4O/c1-4-5(14)8(2,3)9(16,17)6(15)7(18-4)10(11,12)13/h1-3H3. The minimum Gasteiger partial charge on any atom is -0.455 e. The lowest BCUT2D eigenvalue weighted by Gasteiger charge is -2.37. The molecule has 1 aliphatic rings. The summed E-state index contributed by atoms with van der Waals surface area (Å²) >= 11 is 7.95. The van der Waals surface area contributed by atoms with E-state index in [2.05, 4.69) is 67.8 Å². The number of allylic oxidation sites excluding steroid dienone is 4. The molecule has 0 fully saturated rings. The molecule has 0 aromatic heterocycles. The highest BCUT2D eigenvalue weighted by Crippen LogP contribution is 2.61. The Labute approximate surface area is 158 Å². The topological polar surface area (TPSA) is 9.23 Å². The first-order chi connectivity index (χ1) is 7.83. The van der Waals surface area contributed by atoms with Crippen LogP contribution in [0.1, 0.15) is 20.8 Å². The van der Waals surface area contributed by atoms with Crippen molar-refractivity contribution in [1.82, 2.24) is 0 Å². The molecule has 0 N–H and O–H groups in total. The zero-order valence-electron chi connectivity index (χ0n) is 9.55. The summed E-state index contributed by atoms with van der Waals surface area (Å²) in [5.74, 6) is -0.582. The number of halogens is 7. The molecular weight excluding hydrogens is 701 g/mol. The van der Waals surface area contributed by atoms with Gasteiger partial charge in [-0.25, -0.2) is 0 Å². The van der Waals surface area contributed by atoms with Crippen LogP contribution in [0.3, 0.4) is 0 Å². The van der Waals surface area contributed by atoms with Gasteiger partial charge >= 0.3 is 6.18 Å². The van der Waals surface area contributed by atoms with Gasteiger partial charge in [0.15, 0.2) is 0 Å². The molecule has 0 radical (unpaired) electrons. The van der Waals surface area contributed by atoms with Gasteiger partial charge in [0.2, 0.25) is 5.76 Å². The summed E-state index contributed by atoms with van der Waals surface area (Å²) in [6.07, 6.45) is -4.48. The molecule has 1 heterocycles. The first-order valence-corrected chi connectivity index (χ1v) is 9.05. The van der Waals surface area contributed by atoms with Crippen molar-refractivity contribution in [2.75, 3.05) is 0 Å². The van der Waals surface area contributed by atoms with Crippen molar-refractivity contribution in [3.8, 4) is 0 Å². The van der Waals surface area contributed by atoms with Gasteiger partial charge in [-0.1, -0.05) is 59.0 Å². The molecule has 0 spiro atoms. The molecule has 104 valence electrons. The summed E-state index contributed by atoms with van der Waals surface area (Å²) in [4.78, 5) is 0. The number of alkyl halides is 5. The molecule has 1 rings (SSSR count). The quantitative estimate of drug-likeness (QED) is 0.207. The summed E-state index contributed by atoms with van der Waals surface area (Å²) in [6.45, 7) is 5.44. The monoisotopic (exact) mass is 710 g/mol. The Morgan fingerprint density at radius 2 is 1.50 bits per heavy atom. The lowest BCUT2D eigenvalue weighted by molar-refractivity contribution is -0.124. The van der Waals surface area contributed by atoms with Crippen LogP contribution in [0.5, 0.6) is 0 Å². The predicted molar refractivity (Wildman–Crippen MR) is 99.5 cm³/mol. The second-order valence-electron chi connectivity index (χ2n) is 4.31. The van der Waals surface area contributed by atoms with E-state index in [0.29, 0.717) is 5.76 Å². The minimum atomic E-state index is -4.48. The Hall–Kier alpha value is 1.99. The molecule has 0 aromatic carbocycles. The van der Waals surface area contributed by atoms with Crippen molar-refractivity contribution in [2.45, 2.75) is 28.4 Å². The van der Waals surface area contributed by atoms with Crippen LogP contribution < -0.4 is 0 Å². The van der Waals surface area contributed by atoms with Crippen LogP contribution in [0.25, 0.3) is 0 Å². The maximum absolute atomic E-state index is 13.0. The fraction of sp³-hybridized carbons (Fsp3) is 0.600. The molecule has 1 aliphatic heterocycles. The molecule has 8 heteroatoms. The van der Waals surface area contributed by atoms with E-state index in [1.165, 1.54) is 0 Å². The second-order valence-corrected chi connectivity index (χ2v) is 11.8. The zero-order chi connectivity index (χ0) is 14.5. The normalized spacial score (nSPS) is 23.9. The van der Waals surface area contributed by atoms with Gasteiger partial charge in [0, 0.05) is 8.99 Å². The third-order valence-electron chi connectivity index (χ3n) is 2.63. The van der Waals surface area contributed by atoms with Crippen LogP contribution in [0.2, 0.25) is 0 Å². The second kappa shape index (κ2) is 5.65. The number of rotatable bonds is 0. The summed E-state index contributed by atoms with van der Waals surface area (Å²) < 4.78 is 44.5. The van der Waals surface area contributed by atoms with Crippen LogP contribution in [-0.4, -0.2) is 7.60 Å². The van der Waals surface area contributed by atoms with Gasteiger partial charge in [-0.3, -0.25) is 0 Å². The Balaban J connectivity index is 3.60. The Bertz CT molecular complexity index is 435. The highest BCUT2D eigenvalue weighted by atomic mass is 127. The lowest BCUT2D eigenvalue weighted by atomic mass is 9.88. The smallest absolute Gasteiger partial charge is 0.450 e. The van der Waals surface area contributed by atoms with Crippen molar-refractivity contribution in [3.63, 3.8) is 0 Å². The summed E-state index contributed by atoms with van der Waals surface area (Å²) in [7, 11) is 0. The maximum atomic E-state index is 13.0. The largest absolute Gasteiger partial charge is 0.455 e. The van der Waals surface area contributed by atoms with Crippen molar-refractivity contribution in [1.29, 1.82) is 0 Å². The molecule has 18 heavy (non-hydrogen) atoms. The Morgan fingerprint density at radius 1 is 1.06 bits per heavy atom. The van der Waals surface area contributed by atoms with Gasteiger partial charge in [0.1, 0.15) is 7.19 Å². The van der Waals surface area contributed by atoms with E-state index in [-0.39, 0.29) is 3.58 Å². The molecule has 0 saturated heterocycles. The highest BCUT2D eigenvalue weighted by Gasteiger charge is 2.53. The van der Waals surface area contributed by atoms with Crippen molar-refractivity contribution in [3.05, 3.63) is 18.7 Å². The molecule has 0 bridgehead atoms. The molecule has 0 saturated carbocycles. The highest BCUT2D eigenvalue weighted by molar-refractivity contribution is 14.2. The number of ether oxygens (including phenoxy) is 1. The van der Waals surface area contributed by atoms with E-state index < -0.39 is 18.8 Å². The average molecular weight is 710 g/mol. The number of hydrogen-bond acceptors (Lipinski definition) is 1. The maximum Gasteiger partial charge on any atom is 0.450 e. The zero-order valence-corrected chi connectivity index (χ0v) is 18.2. The summed E-state index contributed by atoms with van der Waals surface area (Å²) in [5.41, 5.74) is -0.442. The van der Waals surface area contributed by atoms with Gasteiger partial charge < -0.3 is 4.74 Å². The average Bonchev–Trinajstić information content (AvgIpc) is 2.23. The first kappa shape index (κ1) is 18.0. The van der Waals surface area contributed by atoms with E-state index in [1.54, 1.807) is 29.5 Å². The van der Waals surface area contributed by atoms with Crippen LogP contribution in [0, 0.1) is 5.41 Å². The molecular formula is C10H9F3I4O. The van der Waals surface area contributed by atoms with Gasteiger partial charge in [0.25, 0.3) is 0 Å². The molecule has 0 unspecified atom stereocenters.